The van der Waals surface area contributed by atoms with E-state index in [0.717, 1.165) is 0 Å². The Balaban J connectivity index is 3.14. The van der Waals surface area contributed by atoms with Gasteiger partial charge in [-0.2, -0.15) is 0 Å². The molecule has 0 aromatic rings. The van der Waals surface area contributed by atoms with E-state index in [1.54, 1.807) is 7.11 Å². The molecule has 0 saturated carbocycles. The van der Waals surface area contributed by atoms with Gasteiger partial charge in [-0.1, -0.05) is 0 Å². The molecule has 0 N–H and O–H groups in total. The molecule has 0 amide bonds. The van der Waals surface area contributed by atoms with Crippen molar-refractivity contribution in [3.05, 3.63) is 0 Å². The molecule has 0 heterocycles. The summed E-state index contributed by atoms with van der Waals surface area (Å²) in [6, 6.07) is 0. The minimum atomic E-state index is -0.921. The summed E-state index contributed by atoms with van der Waals surface area (Å²) in [5.74, 6) is 0. The first kappa shape index (κ1) is 7.14. The van der Waals surface area contributed by atoms with Crippen molar-refractivity contribution >= 4 is 9.20 Å². The molecule has 0 saturated heterocycles. The van der Waals surface area contributed by atoms with Gasteiger partial charge in [0.15, 0.2) is 0 Å². The number of nitrogens with zero attached hydrogens (tertiary/aromatic N) is 1. The molecule has 0 aromatic heterocycles. The van der Waals surface area contributed by atoms with Gasteiger partial charge in [0.25, 0.3) is 9.20 Å². The van der Waals surface area contributed by atoms with E-state index >= 15 is 0 Å². The largest absolute Gasteiger partial charge is 0.409 e. The fraction of sp³-hybridized carbons (Fsp3) is 1.00. The molecule has 0 aliphatic heterocycles. The van der Waals surface area contributed by atoms with Gasteiger partial charge in [0.1, 0.15) is 0 Å². The average Bonchev–Trinajstić information content (AvgIpc) is 1.65. The molecular weight excluding hydrogens is 106 g/mol. The van der Waals surface area contributed by atoms with Crippen LogP contribution in [0.4, 0.5) is 0 Å². The van der Waals surface area contributed by atoms with Crippen LogP contribution in [0.25, 0.3) is 0 Å². The second kappa shape index (κ2) is 3.18. The van der Waals surface area contributed by atoms with Crippen LogP contribution in [0.15, 0.2) is 0 Å². The molecule has 0 fully saturated rings. The van der Waals surface area contributed by atoms with Crippen LogP contribution < -0.4 is 0 Å². The fourth-order valence-corrected chi connectivity index (χ4v) is 0.632. The van der Waals surface area contributed by atoms with Gasteiger partial charge in [-0.05, 0) is 20.6 Å². The second-order valence-corrected chi connectivity index (χ2v) is 4.50. The van der Waals surface area contributed by atoms with Crippen LogP contribution >= 0.6 is 0 Å². The van der Waals surface area contributed by atoms with Gasteiger partial charge in [-0.15, -0.1) is 0 Å². The van der Waals surface area contributed by atoms with Gasteiger partial charge >= 0.3 is 0 Å². The highest BCUT2D eigenvalue weighted by Crippen LogP contribution is 1.83. The molecule has 0 radical (unpaired) electrons. The third-order valence-corrected chi connectivity index (χ3v) is 3.20. The highest BCUT2D eigenvalue weighted by Gasteiger charge is 2.01. The standard InChI is InChI=1S/C4H13NOSi/c1-5(2)7(4)6-3/h7H,1-4H3. The number of hydrogen-bond donors (Lipinski definition) is 0. The van der Waals surface area contributed by atoms with Crippen molar-refractivity contribution in [1.29, 1.82) is 0 Å². The molecule has 0 spiro atoms. The Morgan fingerprint density at radius 1 is 1.43 bits per heavy atom. The third-order valence-electron chi connectivity index (χ3n) is 1.07. The van der Waals surface area contributed by atoms with E-state index in [4.69, 9.17) is 4.43 Å². The Bertz CT molecular complexity index is 49.0. The summed E-state index contributed by atoms with van der Waals surface area (Å²) in [7, 11) is 4.92. The van der Waals surface area contributed by atoms with Crippen LogP contribution in [0.1, 0.15) is 0 Å². The summed E-state index contributed by atoms with van der Waals surface area (Å²) in [5.41, 5.74) is 0. The van der Waals surface area contributed by atoms with E-state index in [0.29, 0.717) is 0 Å². The molecule has 7 heavy (non-hydrogen) atoms. The molecule has 0 aliphatic rings. The van der Waals surface area contributed by atoms with Crippen LogP contribution in [-0.4, -0.2) is 35.0 Å². The smallest absolute Gasteiger partial charge is 0.250 e. The monoisotopic (exact) mass is 119 g/mol. The fourth-order valence-electron chi connectivity index (χ4n) is 0.211. The first-order valence-corrected chi connectivity index (χ1v) is 4.52. The van der Waals surface area contributed by atoms with Crippen molar-refractivity contribution in [2.24, 2.45) is 0 Å². The zero-order valence-electron chi connectivity index (χ0n) is 5.43. The first-order valence-electron chi connectivity index (χ1n) is 2.37. The summed E-state index contributed by atoms with van der Waals surface area (Å²) in [6.45, 7) is 2.14. The molecule has 0 aliphatic carbocycles. The molecule has 44 valence electrons. The minimum Gasteiger partial charge on any atom is -0.409 e. The van der Waals surface area contributed by atoms with Crippen LogP contribution in [0.2, 0.25) is 6.55 Å². The van der Waals surface area contributed by atoms with Gasteiger partial charge < -0.3 is 8.99 Å². The summed E-state index contributed by atoms with van der Waals surface area (Å²) in [6.07, 6.45) is 0. The number of hydrogen-bond acceptors (Lipinski definition) is 2. The lowest BCUT2D eigenvalue weighted by Gasteiger charge is -2.14. The van der Waals surface area contributed by atoms with Crippen molar-refractivity contribution in [3.8, 4) is 0 Å². The summed E-state index contributed by atoms with van der Waals surface area (Å²) in [4.78, 5) is 0. The van der Waals surface area contributed by atoms with Gasteiger partial charge in [0, 0.05) is 7.11 Å². The van der Waals surface area contributed by atoms with Crippen molar-refractivity contribution in [2.75, 3.05) is 21.2 Å². The molecule has 2 nitrogen and oxygen atoms in total. The van der Waals surface area contributed by atoms with Crippen LogP contribution in [0.5, 0.6) is 0 Å². The highest BCUT2D eigenvalue weighted by molar-refractivity contribution is 6.46. The van der Waals surface area contributed by atoms with E-state index in [1.165, 1.54) is 0 Å². The lowest BCUT2D eigenvalue weighted by Crippen LogP contribution is -2.31. The topological polar surface area (TPSA) is 12.5 Å². The first-order chi connectivity index (χ1) is 3.18. The molecule has 0 rings (SSSR count). The summed E-state index contributed by atoms with van der Waals surface area (Å²) in [5, 5.41) is 0. The van der Waals surface area contributed by atoms with Crippen molar-refractivity contribution in [1.82, 2.24) is 4.57 Å². The molecule has 0 bridgehead atoms. The molecule has 3 heteroatoms. The minimum absolute atomic E-state index is 0.921. The maximum absolute atomic E-state index is 5.08. The molecule has 1 unspecified atom stereocenters. The normalized spacial score (nSPS) is 15.0. The Hall–Kier alpha value is 0.137. The molecular formula is C4H13NOSi. The second-order valence-electron chi connectivity index (χ2n) is 1.80. The summed E-state index contributed by atoms with van der Waals surface area (Å²) >= 11 is 0. The van der Waals surface area contributed by atoms with E-state index in [1.807, 2.05) is 14.1 Å². The predicted molar refractivity (Wildman–Crippen MR) is 33.7 cm³/mol. The Morgan fingerprint density at radius 3 is 1.86 bits per heavy atom. The average molecular weight is 119 g/mol. The zero-order valence-corrected chi connectivity index (χ0v) is 6.59. The maximum atomic E-state index is 5.08. The maximum Gasteiger partial charge on any atom is 0.250 e. The van der Waals surface area contributed by atoms with Crippen molar-refractivity contribution < 1.29 is 4.43 Å². The number of rotatable bonds is 2. The third kappa shape index (κ3) is 2.79. The molecule has 1 atom stereocenters. The lowest BCUT2D eigenvalue weighted by molar-refractivity contribution is 0.369. The van der Waals surface area contributed by atoms with Crippen LogP contribution in [0.3, 0.4) is 0 Å². The van der Waals surface area contributed by atoms with E-state index < -0.39 is 9.20 Å². The Kier molecular flexibility index (Phi) is 3.24. The van der Waals surface area contributed by atoms with Crippen molar-refractivity contribution in [2.45, 2.75) is 6.55 Å². The van der Waals surface area contributed by atoms with Crippen LogP contribution in [-0.2, 0) is 4.43 Å². The van der Waals surface area contributed by atoms with E-state index in [9.17, 15) is 0 Å². The van der Waals surface area contributed by atoms with Gasteiger partial charge in [-0.3, -0.25) is 0 Å². The van der Waals surface area contributed by atoms with Gasteiger partial charge in [0.2, 0.25) is 0 Å². The predicted octanol–water partition coefficient (Wildman–Crippen LogP) is 0.0447. The van der Waals surface area contributed by atoms with Crippen LogP contribution in [0, 0.1) is 0 Å². The van der Waals surface area contributed by atoms with E-state index in [2.05, 4.69) is 11.1 Å². The summed E-state index contributed by atoms with van der Waals surface area (Å²) < 4.78 is 7.22. The molecule has 0 aromatic carbocycles. The quantitative estimate of drug-likeness (QED) is 0.476. The van der Waals surface area contributed by atoms with Gasteiger partial charge in [-0.25, -0.2) is 0 Å². The van der Waals surface area contributed by atoms with Gasteiger partial charge in [0.05, 0.1) is 0 Å². The zero-order chi connectivity index (χ0) is 5.86. The lowest BCUT2D eigenvalue weighted by atomic mass is 11.3. The van der Waals surface area contributed by atoms with E-state index in [-0.39, 0.29) is 0 Å². The van der Waals surface area contributed by atoms with Crippen molar-refractivity contribution in [3.63, 3.8) is 0 Å². The SMILES string of the molecule is CO[SiH](C)N(C)C. The Labute approximate surface area is 46.9 Å². The Morgan fingerprint density at radius 2 is 1.86 bits per heavy atom. The highest BCUT2D eigenvalue weighted by atomic mass is 28.3.